The van der Waals surface area contributed by atoms with Crippen LogP contribution in [0, 0.1) is 11.6 Å². The van der Waals surface area contributed by atoms with Gasteiger partial charge in [-0.25, -0.2) is 8.78 Å². The van der Waals surface area contributed by atoms with Crippen LogP contribution < -0.4 is 5.32 Å². The number of hydrogen-bond acceptors (Lipinski definition) is 1. The summed E-state index contributed by atoms with van der Waals surface area (Å²) in [7, 11) is 5.66. The number of nitrogens with zero attached hydrogens (tertiary/aromatic N) is 3. The van der Waals surface area contributed by atoms with Gasteiger partial charge in [-0.1, -0.05) is 6.07 Å². The number of guanidine groups is 1. The number of aromatic nitrogens is 1. The van der Waals surface area contributed by atoms with Crippen molar-refractivity contribution in [3.63, 3.8) is 0 Å². The van der Waals surface area contributed by atoms with Crippen LogP contribution in [-0.2, 0) is 13.6 Å². The molecule has 0 bridgehead atoms. The number of hydrogen-bond donors (Lipinski definition) is 1. The summed E-state index contributed by atoms with van der Waals surface area (Å²) >= 11 is 0. The molecule has 4 nitrogen and oxygen atoms in total. The zero-order valence-corrected chi connectivity index (χ0v) is 14.1. The Hall–Kier alpha value is -2.37. The molecule has 3 rings (SSSR count). The maximum atomic E-state index is 13.9. The largest absolute Gasteiger partial charge is 0.353 e. The van der Waals surface area contributed by atoms with Gasteiger partial charge >= 0.3 is 0 Å². The fraction of sp³-hybridized carbons (Fsp3) is 0.389. The minimum Gasteiger partial charge on any atom is -0.353 e. The van der Waals surface area contributed by atoms with Crippen LogP contribution in [0.2, 0.25) is 0 Å². The molecule has 1 aromatic carbocycles. The molecule has 1 aliphatic rings. The van der Waals surface area contributed by atoms with Gasteiger partial charge in [-0.2, -0.15) is 0 Å². The summed E-state index contributed by atoms with van der Waals surface area (Å²) in [6.07, 6.45) is 2.70. The van der Waals surface area contributed by atoms with Crippen LogP contribution >= 0.6 is 0 Å². The molecule has 1 N–H and O–H groups in total. The molecule has 1 aliphatic carbocycles. The summed E-state index contributed by atoms with van der Waals surface area (Å²) < 4.78 is 29.8. The first-order valence-electron chi connectivity index (χ1n) is 7.99. The molecule has 2 unspecified atom stereocenters. The van der Waals surface area contributed by atoms with Gasteiger partial charge in [-0.3, -0.25) is 4.99 Å². The summed E-state index contributed by atoms with van der Waals surface area (Å²) in [5.41, 5.74) is 1.34. The smallest absolute Gasteiger partial charge is 0.193 e. The number of halogens is 2. The molecule has 0 aliphatic heterocycles. The molecule has 0 spiro atoms. The standard InChI is InChI=1S/C18H22F2N4/c1-21-18(24(3)11-12-6-5-9-23(12)2)22-16-10-13(16)17-14(19)7-4-8-15(17)20/h4-9,13,16H,10-11H2,1-3H3,(H,21,22). The zero-order valence-electron chi connectivity index (χ0n) is 14.1. The van der Waals surface area contributed by atoms with Crippen LogP contribution in [0.3, 0.4) is 0 Å². The average molecular weight is 332 g/mol. The van der Waals surface area contributed by atoms with E-state index in [2.05, 4.69) is 20.9 Å². The van der Waals surface area contributed by atoms with Crippen molar-refractivity contribution < 1.29 is 8.78 Å². The Morgan fingerprint density at radius 2 is 2.00 bits per heavy atom. The van der Waals surface area contributed by atoms with Crippen molar-refractivity contribution in [2.45, 2.75) is 24.9 Å². The average Bonchev–Trinajstić information content (AvgIpc) is 3.18. The number of aliphatic imine (C=N–C) groups is 1. The number of rotatable bonds is 4. The highest BCUT2D eigenvalue weighted by Crippen LogP contribution is 2.43. The molecule has 128 valence electrons. The Bertz CT molecular complexity index is 733. The second-order valence-corrected chi connectivity index (χ2v) is 6.24. The van der Waals surface area contributed by atoms with Gasteiger partial charge in [0.1, 0.15) is 11.6 Å². The van der Waals surface area contributed by atoms with Gasteiger partial charge in [0.25, 0.3) is 0 Å². The lowest BCUT2D eigenvalue weighted by Gasteiger charge is -2.22. The highest BCUT2D eigenvalue weighted by molar-refractivity contribution is 5.80. The van der Waals surface area contributed by atoms with Crippen molar-refractivity contribution in [1.29, 1.82) is 0 Å². The first-order chi connectivity index (χ1) is 11.5. The van der Waals surface area contributed by atoms with E-state index < -0.39 is 11.6 Å². The van der Waals surface area contributed by atoms with Crippen LogP contribution in [0.15, 0.2) is 41.5 Å². The Balaban J connectivity index is 1.64. The van der Waals surface area contributed by atoms with E-state index in [-0.39, 0.29) is 17.5 Å². The molecule has 2 atom stereocenters. The predicted octanol–water partition coefficient (Wildman–Crippen LogP) is 2.87. The van der Waals surface area contributed by atoms with E-state index in [4.69, 9.17) is 0 Å². The van der Waals surface area contributed by atoms with Gasteiger partial charge in [0.15, 0.2) is 5.96 Å². The highest BCUT2D eigenvalue weighted by Gasteiger charge is 2.42. The summed E-state index contributed by atoms with van der Waals surface area (Å²) in [4.78, 5) is 6.29. The minimum atomic E-state index is -0.476. The molecule has 0 radical (unpaired) electrons. The third-order valence-electron chi connectivity index (χ3n) is 4.50. The molecule has 2 aromatic rings. The highest BCUT2D eigenvalue weighted by atomic mass is 19.1. The Morgan fingerprint density at radius 3 is 2.58 bits per heavy atom. The number of nitrogens with one attached hydrogen (secondary N) is 1. The van der Waals surface area contributed by atoms with Gasteiger partial charge in [-0.05, 0) is 30.7 Å². The van der Waals surface area contributed by atoms with Gasteiger partial charge in [0.2, 0.25) is 0 Å². The third kappa shape index (κ3) is 3.27. The first kappa shape index (κ1) is 16.5. The van der Waals surface area contributed by atoms with Crippen LogP contribution in [0.4, 0.5) is 8.78 Å². The fourth-order valence-corrected chi connectivity index (χ4v) is 3.03. The van der Waals surface area contributed by atoms with E-state index in [1.54, 1.807) is 7.05 Å². The van der Waals surface area contributed by atoms with Crippen molar-refractivity contribution >= 4 is 5.96 Å². The van der Waals surface area contributed by atoms with Crippen LogP contribution in [-0.4, -0.2) is 35.6 Å². The summed E-state index contributed by atoms with van der Waals surface area (Å²) in [6.45, 7) is 0.703. The van der Waals surface area contributed by atoms with Gasteiger partial charge in [0, 0.05) is 50.6 Å². The quantitative estimate of drug-likeness (QED) is 0.690. The fourth-order valence-electron chi connectivity index (χ4n) is 3.03. The van der Waals surface area contributed by atoms with E-state index >= 15 is 0 Å². The van der Waals surface area contributed by atoms with Crippen LogP contribution in [0.25, 0.3) is 0 Å². The van der Waals surface area contributed by atoms with Crippen molar-refractivity contribution in [3.8, 4) is 0 Å². The molecule has 1 heterocycles. The minimum absolute atomic E-state index is 0.00552. The zero-order chi connectivity index (χ0) is 17.3. The van der Waals surface area contributed by atoms with E-state index in [0.29, 0.717) is 13.0 Å². The van der Waals surface area contributed by atoms with E-state index in [0.717, 1.165) is 11.7 Å². The van der Waals surface area contributed by atoms with Crippen LogP contribution in [0.5, 0.6) is 0 Å². The molecular weight excluding hydrogens is 310 g/mol. The second-order valence-electron chi connectivity index (χ2n) is 6.24. The van der Waals surface area contributed by atoms with E-state index in [1.807, 2.05) is 31.3 Å². The second kappa shape index (κ2) is 6.63. The molecule has 1 saturated carbocycles. The van der Waals surface area contributed by atoms with Gasteiger partial charge < -0.3 is 14.8 Å². The van der Waals surface area contributed by atoms with Crippen molar-refractivity contribution in [2.75, 3.05) is 14.1 Å². The Labute approximate surface area is 140 Å². The monoisotopic (exact) mass is 332 g/mol. The van der Waals surface area contributed by atoms with E-state index in [1.165, 1.54) is 18.2 Å². The molecule has 1 fully saturated rings. The molecule has 0 saturated heterocycles. The molecule has 24 heavy (non-hydrogen) atoms. The van der Waals surface area contributed by atoms with Crippen molar-refractivity contribution in [2.24, 2.45) is 12.0 Å². The maximum Gasteiger partial charge on any atom is 0.193 e. The summed E-state index contributed by atoms with van der Waals surface area (Å²) in [5, 5.41) is 3.31. The molecule has 6 heteroatoms. The van der Waals surface area contributed by atoms with Gasteiger partial charge in [-0.15, -0.1) is 0 Å². The molecule has 0 amide bonds. The van der Waals surface area contributed by atoms with Crippen molar-refractivity contribution in [1.82, 2.24) is 14.8 Å². The Kier molecular flexibility index (Phi) is 4.55. The predicted molar refractivity (Wildman–Crippen MR) is 90.9 cm³/mol. The summed E-state index contributed by atoms with van der Waals surface area (Å²) in [5.74, 6) is -0.375. The van der Waals surface area contributed by atoms with Gasteiger partial charge in [0.05, 0.1) is 6.54 Å². The Morgan fingerprint density at radius 1 is 1.29 bits per heavy atom. The third-order valence-corrected chi connectivity index (χ3v) is 4.50. The lowest BCUT2D eigenvalue weighted by molar-refractivity contribution is 0.460. The normalized spacial score (nSPS) is 20.1. The van der Waals surface area contributed by atoms with Crippen molar-refractivity contribution in [3.05, 3.63) is 59.4 Å². The SMILES string of the molecule is CN=C(NC1CC1c1c(F)cccc1F)N(C)Cc1cccn1C. The number of aryl methyl sites for hydroxylation is 1. The molecule has 1 aromatic heterocycles. The topological polar surface area (TPSA) is 32.6 Å². The van der Waals surface area contributed by atoms with Crippen LogP contribution in [0.1, 0.15) is 23.6 Å². The lowest BCUT2D eigenvalue weighted by atomic mass is 10.1. The number of benzene rings is 1. The van der Waals surface area contributed by atoms with E-state index in [9.17, 15) is 8.78 Å². The first-order valence-corrected chi connectivity index (χ1v) is 7.99. The maximum absolute atomic E-state index is 13.9. The molecular formula is C18H22F2N4. The lowest BCUT2D eigenvalue weighted by Crippen LogP contribution is -2.40. The summed E-state index contributed by atoms with van der Waals surface area (Å²) in [6, 6.07) is 8.07.